The van der Waals surface area contributed by atoms with Crippen LogP contribution < -0.4 is 0 Å². The Bertz CT molecular complexity index is 777. The Morgan fingerprint density at radius 2 is 1.82 bits per heavy atom. The molecule has 2 atom stereocenters. The van der Waals surface area contributed by atoms with Gasteiger partial charge in [-0.3, -0.25) is 4.79 Å². The SMILES string of the molecule is COC(=O)c1ccc([C@H]2C=C(C(=O)N(C)CC(OC)OC)O[C@@H](OCCOCCO)C2)cc1. The molecule has 33 heavy (non-hydrogen) atoms. The Kier molecular flexibility index (Phi) is 11.3. The number of ether oxygens (including phenoxy) is 6. The van der Waals surface area contributed by atoms with Gasteiger partial charge in [-0.1, -0.05) is 12.1 Å². The molecule has 2 rings (SSSR count). The van der Waals surface area contributed by atoms with E-state index in [9.17, 15) is 9.59 Å². The number of hydrogen-bond donors (Lipinski definition) is 1. The highest BCUT2D eigenvalue weighted by atomic mass is 16.7. The van der Waals surface area contributed by atoms with E-state index in [1.165, 1.54) is 26.2 Å². The number of aliphatic hydroxyl groups excluding tert-OH is 1. The zero-order chi connectivity index (χ0) is 24.2. The summed E-state index contributed by atoms with van der Waals surface area (Å²) >= 11 is 0. The average molecular weight is 468 g/mol. The van der Waals surface area contributed by atoms with E-state index in [0.717, 1.165) is 5.56 Å². The van der Waals surface area contributed by atoms with Crippen molar-refractivity contribution < 1.29 is 43.1 Å². The monoisotopic (exact) mass is 467 g/mol. The lowest BCUT2D eigenvalue weighted by Gasteiger charge is -2.31. The molecule has 1 aliphatic rings. The van der Waals surface area contributed by atoms with Crippen LogP contribution in [0.4, 0.5) is 0 Å². The van der Waals surface area contributed by atoms with E-state index in [1.54, 1.807) is 25.3 Å². The minimum atomic E-state index is -0.675. The number of amides is 1. The van der Waals surface area contributed by atoms with Gasteiger partial charge in [0, 0.05) is 33.6 Å². The molecule has 0 unspecified atom stereocenters. The zero-order valence-corrected chi connectivity index (χ0v) is 19.5. The Hall–Kier alpha value is -2.50. The Morgan fingerprint density at radius 1 is 1.12 bits per heavy atom. The van der Waals surface area contributed by atoms with Gasteiger partial charge in [-0.2, -0.15) is 0 Å². The summed E-state index contributed by atoms with van der Waals surface area (Å²) in [6.07, 6.45) is 0.978. The van der Waals surface area contributed by atoms with Gasteiger partial charge in [0.2, 0.25) is 6.29 Å². The molecule has 1 amide bonds. The molecular formula is C23H33NO9. The van der Waals surface area contributed by atoms with Gasteiger partial charge in [-0.05, 0) is 23.8 Å². The third-order valence-corrected chi connectivity index (χ3v) is 5.09. The fourth-order valence-corrected chi connectivity index (χ4v) is 3.27. The molecule has 1 N–H and O–H groups in total. The fraction of sp³-hybridized carbons (Fsp3) is 0.565. The van der Waals surface area contributed by atoms with Gasteiger partial charge in [-0.15, -0.1) is 0 Å². The lowest BCUT2D eigenvalue weighted by atomic mass is 9.92. The minimum absolute atomic E-state index is 0.0682. The van der Waals surface area contributed by atoms with E-state index in [0.29, 0.717) is 12.0 Å². The summed E-state index contributed by atoms with van der Waals surface area (Å²) < 4.78 is 31.9. The van der Waals surface area contributed by atoms with Crippen molar-refractivity contribution in [2.75, 3.05) is 61.3 Å². The molecule has 0 bridgehead atoms. The van der Waals surface area contributed by atoms with Crippen molar-refractivity contribution in [1.82, 2.24) is 4.90 Å². The first-order chi connectivity index (χ1) is 15.9. The zero-order valence-electron chi connectivity index (χ0n) is 19.5. The van der Waals surface area contributed by atoms with Crippen molar-refractivity contribution >= 4 is 11.9 Å². The molecule has 0 spiro atoms. The van der Waals surface area contributed by atoms with Gasteiger partial charge in [0.1, 0.15) is 0 Å². The first kappa shape index (κ1) is 26.7. The smallest absolute Gasteiger partial charge is 0.337 e. The number of esters is 1. The second kappa shape index (κ2) is 13.9. The lowest BCUT2D eigenvalue weighted by Crippen LogP contribution is -2.39. The molecule has 1 heterocycles. The van der Waals surface area contributed by atoms with Crippen LogP contribution in [0, 0.1) is 0 Å². The van der Waals surface area contributed by atoms with Gasteiger partial charge >= 0.3 is 5.97 Å². The summed E-state index contributed by atoms with van der Waals surface area (Å²) in [4.78, 5) is 26.2. The van der Waals surface area contributed by atoms with E-state index in [4.69, 9.17) is 33.5 Å². The van der Waals surface area contributed by atoms with Gasteiger partial charge in [0.05, 0.1) is 45.6 Å². The molecule has 0 saturated carbocycles. The topological polar surface area (TPSA) is 113 Å². The van der Waals surface area contributed by atoms with Gasteiger partial charge in [0.15, 0.2) is 12.0 Å². The maximum atomic E-state index is 13.0. The van der Waals surface area contributed by atoms with Crippen LogP contribution in [-0.4, -0.2) is 95.8 Å². The lowest BCUT2D eigenvalue weighted by molar-refractivity contribution is -0.161. The van der Waals surface area contributed by atoms with Gasteiger partial charge in [0.25, 0.3) is 5.91 Å². The number of carbonyl (C=O) groups excluding carboxylic acids is 2. The van der Waals surface area contributed by atoms with Crippen molar-refractivity contribution in [1.29, 1.82) is 0 Å². The molecule has 1 aromatic rings. The molecule has 0 fully saturated rings. The molecule has 10 nitrogen and oxygen atoms in total. The normalized spacial score (nSPS) is 17.9. The number of allylic oxidation sites excluding steroid dienone is 1. The van der Waals surface area contributed by atoms with Crippen LogP contribution in [0.2, 0.25) is 0 Å². The second-order valence-corrected chi connectivity index (χ2v) is 7.33. The van der Waals surface area contributed by atoms with E-state index >= 15 is 0 Å². The second-order valence-electron chi connectivity index (χ2n) is 7.33. The first-order valence-electron chi connectivity index (χ1n) is 10.6. The van der Waals surface area contributed by atoms with Crippen molar-refractivity contribution in [2.24, 2.45) is 0 Å². The highest BCUT2D eigenvalue weighted by Gasteiger charge is 2.31. The molecule has 184 valence electrons. The molecule has 1 aromatic carbocycles. The summed E-state index contributed by atoms with van der Waals surface area (Å²) in [5.41, 5.74) is 1.34. The van der Waals surface area contributed by atoms with Crippen LogP contribution in [-0.2, 0) is 33.2 Å². The number of hydrogen-bond acceptors (Lipinski definition) is 9. The number of rotatable bonds is 13. The van der Waals surface area contributed by atoms with Crippen LogP contribution in [0.25, 0.3) is 0 Å². The van der Waals surface area contributed by atoms with Crippen LogP contribution in [0.1, 0.15) is 28.3 Å². The third-order valence-electron chi connectivity index (χ3n) is 5.09. The number of benzene rings is 1. The Labute approximate surface area is 193 Å². The van der Waals surface area contributed by atoms with Crippen molar-refractivity contribution in [2.45, 2.75) is 24.9 Å². The predicted octanol–water partition coefficient (Wildman–Crippen LogP) is 1.29. The summed E-state index contributed by atoms with van der Waals surface area (Å²) in [6.45, 7) is 0.895. The maximum absolute atomic E-state index is 13.0. The standard InChI is InChI=1S/C23H33NO9/c1-24(15-21(28-2)29-3)22(26)19-13-18(14-20(33-19)32-12-11-31-10-9-25)16-5-7-17(8-6-16)23(27)30-4/h5-8,13,18,20-21,25H,9-12,14-15H2,1-4H3/t18-,20+/m0/s1. The number of nitrogens with zero attached hydrogens (tertiary/aromatic N) is 1. The van der Waals surface area contributed by atoms with E-state index < -0.39 is 18.5 Å². The van der Waals surface area contributed by atoms with Crippen LogP contribution in [0.3, 0.4) is 0 Å². The number of methoxy groups -OCH3 is 3. The van der Waals surface area contributed by atoms with Crippen molar-refractivity contribution in [3.63, 3.8) is 0 Å². The van der Waals surface area contributed by atoms with Crippen LogP contribution in [0.15, 0.2) is 36.1 Å². The van der Waals surface area contributed by atoms with E-state index in [1.807, 2.05) is 12.1 Å². The Balaban J connectivity index is 2.17. The molecule has 10 heteroatoms. The number of carbonyl (C=O) groups is 2. The average Bonchev–Trinajstić information content (AvgIpc) is 2.85. The van der Waals surface area contributed by atoms with Crippen molar-refractivity contribution in [3.05, 3.63) is 47.2 Å². The fourth-order valence-electron chi connectivity index (χ4n) is 3.27. The van der Waals surface area contributed by atoms with Gasteiger partial charge in [-0.25, -0.2) is 4.79 Å². The summed E-state index contributed by atoms with van der Waals surface area (Å²) in [7, 11) is 5.96. The summed E-state index contributed by atoms with van der Waals surface area (Å²) in [6, 6.07) is 6.99. The highest BCUT2D eigenvalue weighted by molar-refractivity contribution is 5.91. The molecule has 0 aliphatic carbocycles. The third kappa shape index (κ3) is 8.09. The molecule has 1 aliphatic heterocycles. The van der Waals surface area contributed by atoms with Crippen molar-refractivity contribution in [3.8, 4) is 0 Å². The number of likely N-dealkylation sites (N-methyl/N-ethyl adjacent to an activating group) is 1. The van der Waals surface area contributed by atoms with E-state index in [2.05, 4.69) is 0 Å². The molecular weight excluding hydrogens is 434 g/mol. The van der Waals surface area contributed by atoms with E-state index in [-0.39, 0.29) is 50.6 Å². The predicted molar refractivity (Wildman–Crippen MR) is 117 cm³/mol. The molecule has 0 radical (unpaired) electrons. The largest absolute Gasteiger partial charge is 0.465 e. The highest BCUT2D eigenvalue weighted by Crippen LogP contribution is 2.32. The molecule has 0 saturated heterocycles. The molecule has 0 aromatic heterocycles. The maximum Gasteiger partial charge on any atom is 0.337 e. The van der Waals surface area contributed by atoms with Gasteiger partial charge < -0.3 is 38.4 Å². The summed E-state index contributed by atoms with van der Waals surface area (Å²) in [5, 5.41) is 8.80. The van der Waals surface area contributed by atoms with Crippen LogP contribution >= 0.6 is 0 Å². The quantitative estimate of drug-likeness (QED) is 0.260. The van der Waals surface area contributed by atoms with Crippen LogP contribution in [0.5, 0.6) is 0 Å². The summed E-state index contributed by atoms with van der Waals surface area (Å²) in [5.74, 6) is -0.786. The minimum Gasteiger partial charge on any atom is -0.465 e. The Morgan fingerprint density at radius 3 is 2.42 bits per heavy atom. The first-order valence-corrected chi connectivity index (χ1v) is 10.6. The number of aliphatic hydroxyl groups is 1.